The summed E-state index contributed by atoms with van der Waals surface area (Å²) in [5, 5.41) is 11.9. The summed E-state index contributed by atoms with van der Waals surface area (Å²) < 4.78 is 0. The molecule has 4 N–H and O–H groups in total. The Hall–Kier alpha value is -1.10. The average molecular weight is 270 g/mol. The van der Waals surface area contributed by atoms with Gasteiger partial charge in [0.1, 0.15) is 0 Å². The second-order valence-electron chi connectivity index (χ2n) is 6.05. The number of aliphatic carboxylic acids is 1. The van der Waals surface area contributed by atoms with E-state index in [0.717, 1.165) is 12.8 Å². The van der Waals surface area contributed by atoms with Crippen LogP contribution in [-0.4, -0.2) is 29.6 Å². The van der Waals surface area contributed by atoms with Gasteiger partial charge in [0, 0.05) is 12.5 Å². The fourth-order valence-corrected chi connectivity index (χ4v) is 2.82. The molecule has 0 spiro atoms. The number of carboxylic acid groups (broad SMARTS) is 1. The van der Waals surface area contributed by atoms with E-state index in [1.807, 2.05) is 0 Å². The summed E-state index contributed by atoms with van der Waals surface area (Å²) in [6, 6.07) is 0.0195. The zero-order valence-electron chi connectivity index (χ0n) is 11.9. The maximum atomic E-state index is 11.9. The predicted octanol–water partition coefficient (Wildman–Crippen LogP) is 1.37. The lowest BCUT2D eigenvalue weighted by molar-refractivity contribution is -0.141. The molecule has 1 aliphatic rings. The Labute approximate surface area is 114 Å². The lowest BCUT2D eigenvalue weighted by Crippen LogP contribution is -2.35. The van der Waals surface area contributed by atoms with Gasteiger partial charge in [0.15, 0.2) is 0 Å². The Kier molecular flexibility index (Phi) is 6.28. The lowest BCUT2D eigenvalue weighted by atomic mass is 9.94. The molecule has 3 atom stereocenters. The van der Waals surface area contributed by atoms with Crippen LogP contribution < -0.4 is 11.1 Å². The van der Waals surface area contributed by atoms with Crippen LogP contribution in [0, 0.1) is 17.8 Å². The van der Waals surface area contributed by atoms with Gasteiger partial charge in [0.2, 0.25) is 5.91 Å². The van der Waals surface area contributed by atoms with Gasteiger partial charge in [-0.15, -0.1) is 0 Å². The second-order valence-corrected chi connectivity index (χ2v) is 6.05. The number of nitrogens with two attached hydrogens (primary N) is 1. The highest BCUT2D eigenvalue weighted by Gasteiger charge is 2.30. The maximum Gasteiger partial charge on any atom is 0.306 e. The normalized spacial score (nSPS) is 24.4. The van der Waals surface area contributed by atoms with Crippen molar-refractivity contribution in [3.63, 3.8) is 0 Å². The minimum Gasteiger partial charge on any atom is -0.481 e. The van der Waals surface area contributed by atoms with Gasteiger partial charge >= 0.3 is 5.97 Å². The van der Waals surface area contributed by atoms with Crippen LogP contribution in [0.25, 0.3) is 0 Å². The van der Waals surface area contributed by atoms with Gasteiger partial charge in [-0.3, -0.25) is 9.59 Å². The molecule has 0 aromatic carbocycles. The SMILES string of the molecule is CC(C)CC(CN)CC(=O)NC1CCC(C(=O)O)C1. The van der Waals surface area contributed by atoms with Crippen LogP contribution >= 0.6 is 0 Å². The van der Waals surface area contributed by atoms with Crippen LogP contribution in [0.3, 0.4) is 0 Å². The van der Waals surface area contributed by atoms with Crippen molar-refractivity contribution in [2.45, 2.75) is 52.0 Å². The molecule has 110 valence electrons. The second kappa shape index (κ2) is 7.48. The van der Waals surface area contributed by atoms with E-state index in [1.165, 1.54) is 0 Å². The molecule has 0 saturated heterocycles. The van der Waals surface area contributed by atoms with Crippen molar-refractivity contribution in [1.29, 1.82) is 0 Å². The Morgan fingerprint density at radius 2 is 2.05 bits per heavy atom. The molecule has 1 aliphatic carbocycles. The van der Waals surface area contributed by atoms with E-state index >= 15 is 0 Å². The van der Waals surface area contributed by atoms with E-state index in [0.29, 0.717) is 31.7 Å². The highest BCUT2D eigenvalue weighted by molar-refractivity contribution is 5.77. The Bertz CT molecular complexity index is 318. The van der Waals surface area contributed by atoms with Crippen molar-refractivity contribution in [2.75, 3.05) is 6.54 Å². The van der Waals surface area contributed by atoms with Crippen LogP contribution in [0.4, 0.5) is 0 Å². The number of nitrogens with one attached hydrogen (secondary N) is 1. The van der Waals surface area contributed by atoms with E-state index < -0.39 is 5.97 Å². The third-order valence-corrected chi connectivity index (χ3v) is 3.76. The number of carbonyl (C=O) groups is 2. The molecule has 0 aliphatic heterocycles. The predicted molar refractivity (Wildman–Crippen MR) is 73.5 cm³/mol. The molecule has 19 heavy (non-hydrogen) atoms. The van der Waals surface area contributed by atoms with Gasteiger partial charge in [-0.05, 0) is 44.1 Å². The molecule has 0 aromatic rings. The molecule has 0 aromatic heterocycles. The number of carbonyl (C=O) groups excluding carboxylic acids is 1. The van der Waals surface area contributed by atoms with Crippen molar-refractivity contribution in [1.82, 2.24) is 5.32 Å². The Morgan fingerprint density at radius 1 is 1.37 bits per heavy atom. The number of hydrogen-bond donors (Lipinski definition) is 3. The summed E-state index contributed by atoms with van der Waals surface area (Å²) in [4.78, 5) is 22.8. The van der Waals surface area contributed by atoms with E-state index in [2.05, 4.69) is 19.2 Å². The van der Waals surface area contributed by atoms with Crippen LogP contribution in [0.5, 0.6) is 0 Å². The van der Waals surface area contributed by atoms with Crippen molar-refractivity contribution >= 4 is 11.9 Å². The van der Waals surface area contributed by atoms with E-state index in [1.54, 1.807) is 0 Å². The summed E-state index contributed by atoms with van der Waals surface area (Å²) in [5.74, 6) is -0.296. The molecule has 0 radical (unpaired) electrons. The van der Waals surface area contributed by atoms with Crippen molar-refractivity contribution < 1.29 is 14.7 Å². The highest BCUT2D eigenvalue weighted by Crippen LogP contribution is 2.26. The van der Waals surface area contributed by atoms with Crippen LogP contribution in [0.15, 0.2) is 0 Å². The Balaban J connectivity index is 2.33. The first-order valence-corrected chi connectivity index (χ1v) is 7.14. The van der Waals surface area contributed by atoms with Gasteiger partial charge in [-0.1, -0.05) is 13.8 Å². The summed E-state index contributed by atoms with van der Waals surface area (Å²) in [6.45, 7) is 4.76. The molecule has 0 bridgehead atoms. The van der Waals surface area contributed by atoms with Crippen molar-refractivity contribution in [2.24, 2.45) is 23.5 Å². The fourth-order valence-electron chi connectivity index (χ4n) is 2.82. The zero-order valence-corrected chi connectivity index (χ0v) is 11.9. The van der Waals surface area contributed by atoms with Crippen molar-refractivity contribution in [3.05, 3.63) is 0 Å². The van der Waals surface area contributed by atoms with E-state index in [4.69, 9.17) is 10.8 Å². The number of hydrogen-bond acceptors (Lipinski definition) is 3. The van der Waals surface area contributed by atoms with Gasteiger partial charge in [-0.25, -0.2) is 0 Å². The molecule has 5 nitrogen and oxygen atoms in total. The monoisotopic (exact) mass is 270 g/mol. The smallest absolute Gasteiger partial charge is 0.306 e. The largest absolute Gasteiger partial charge is 0.481 e. The molecule has 1 rings (SSSR count). The molecule has 1 amide bonds. The summed E-state index contributed by atoms with van der Waals surface area (Å²) in [7, 11) is 0. The molecule has 1 fully saturated rings. The average Bonchev–Trinajstić information content (AvgIpc) is 2.75. The number of rotatable bonds is 7. The zero-order chi connectivity index (χ0) is 14.4. The van der Waals surface area contributed by atoms with Crippen LogP contribution in [-0.2, 0) is 9.59 Å². The van der Waals surface area contributed by atoms with Gasteiger partial charge in [0.25, 0.3) is 0 Å². The van der Waals surface area contributed by atoms with E-state index in [-0.39, 0.29) is 23.8 Å². The third-order valence-electron chi connectivity index (χ3n) is 3.76. The number of carboxylic acids is 1. The van der Waals surface area contributed by atoms with Crippen LogP contribution in [0.2, 0.25) is 0 Å². The maximum absolute atomic E-state index is 11.9. The topological polar surface area (TPSA) is 92.4 Å². The minimum atomic E-state index is -0.753. The molecule has 0 heterocycles. The minimum absolute atomic E-state index is 0.00661. The standard InChI is InChI=1S/C14H26N2O3/c1-9(2)5-10(8-15)6-13(17)16-12-4-3-11(7-12)14(18)19/h9-12H,3-8,15H2,1-2H3,(H,16,17)(H,18,19). The molecule has 5 heteroatoms. The molecular weight excluding hydrogens is 244 g/mol. The third kappa shape index (κ3) is 5.59. The first-order chi connectivity index (χ1) is 8.92. The first kappa shape index (κ1) is 16.0. The van der Waals surface area contributed by atoms with Crippen molar-refractivity contribution in [3.8, 4) is 0 Å². The molecule has 1 saturated carbocycles. The Morgan fingerprint density at radius 3 is 2.53 bits per heavy atom. The molecule has 3 unspecified atom stereocenters. The summed E-state index contributed by atoms with van der Waals surface area (Å²) >= 11 is 0. The fraction of sp³-hybridized carbons (Fsp3) is 0.857. The highest BCUT2D eigenvalue weighted by atomic mass is 16.4. The molecular formula is C14H26N2O3. The lowest BCUT2D eigenvalue weighted by Gasteiger charge is -2.18. The first-order valence-electron chi connectivity index (χ1n) is 7.14. The summed E-state index contributed by atoms with van der Waals surface area (Å²) in [5.41, 5.74) is 5.68. The van der Waals surface area contributed by atoms with Gasteiger partial charge < -0.3 is 16.2 Å². The summed E-state index contributed by atoms with van der Waals surface area (Å²) in [6.07, 6.45) is 3.38. The van der Waals surface area contributed by atoms with E-state index in [9.17, 15) is 9.59 Å². The number of amides is 1. The van der Waals surface area contributed by atoms with Gasteiger partial charge in [0.05, 0.1) is 5.92 Å². The van der Waals surface area contributed by atoms with Crippen LogP contribution in [0.1, 0.15) is 46.0 Å². The quantitative estimate of drug-likeness (QED) is 0.651. The van der Waals surface area contributed by atoms with Gasteiger partial charge in [-0.2, -0.15) is 0 Å².